The fourth-order valence-corrected chi connectivity index (χ4v) is 4.55. The zero-order valence-electron chi connectivity index (χ0n) is 25.4. The van der Waals surface area contributed by atoms with Gasteiger partial charge in [-0.2, -0.15) is 10.5 Å². The summed E-state index contributed by atoms with van der Waals surface area (Å²) in [6, 6.07) is 4.01. The van der Waals surface area contributed by atoms with E-state index in [2.05, 4.69) is 67.5 Å². The number of H-pyrrole nitrogens is 2. The van der Waals surface area contributed by atoms with Gasteiger partial charge >= 0.3 is 0 Å². The van der Waals surface area contributed by atoms with Gasteiger partial charge in [-0.3, -0.25) is 19.8 Å². The minimum absolute atomic E-state index is 0. The van der Waals surface area contributed by atoms with Crippen LogP contribution in [-0.4, -0.2) is 60.8 Å². The summed E-state index contributed by atoms with van der Waals surface area (Å²) in [5.74, 6) is 0. The van der Waals surface area contributed by atoms with Crippen molar-refractivity contribution in [2.24, 2.45) is 5.73 Å². The number of aryl methyl sites for hydroxylation is 1. The molecule has 12 nitrogen and oxygen atoms in total. The second kappa shape index (κ2) is 19.6. The van der Waals surface area contributed by atoms with Gasteiger partial charge in [0.1, 0.15) is 23.3 Å². The Morgan fingerprint density at radius 2 is 1.33 bits per heavy atom. The van der Waals surface area contributed by atoms with Crippen LogP contribution in [0.3, 0.4) is 0 Å². The Morgan fingerprint density at radius 1 is 0.881 bits per heavy atom. The lowest BCUT2D eigenvalue weighted by atomic mass is 10.1. The number of alkyl halides is 1. The highest BCUT2D eigenvalue weighted by atomic mass is 79.9. The molecule has 0 saturated carbocycles. The smallest absolute Gasteiger partial charge is 0.276 e. The van der Waals surface area contributed by atoms with E-state index in [9.17, 15) is 9.59 Å². The number of aromatic amines is 2. The summed E-state index contributed by atoms with van der Waals surface area (Å²) in [5.41, 5.74) is 8.61. The van der Waals surface area contributed by atoms with Gasteiger partial charge in [0.2, 0.25) is 0 Å². The molecule has 0 atom stereocenters. The molecule has 0 aliphatic heterocycles. The molecule has 0 radical (unpaired) electrons. The van der Waals surface area contributed by atoms with Crippen molar-refractivity contribution in [3.8, 4) is 12.1 Å². The number of nitrogens with zero attached hydrogens (tertiary/aromatic N) is 7. The zero-order valence-corrected chi connectivity index (χ0v) is 27.8. The maximum absolute atomic E-state index is 12.2. The van der Waals surface area contributed by atoms with Crippen molar-refractivity contribution in [2.45, 2.75) is 66.1 Å². The number of nitrogens with two attached hydrogens (primary N) is 1. The molecule has 0 unspecified atom stereocenters. The van der Waals surface area contributed by atoms with E-state index in [1.165, 1.54) is 48.1 Å². The molecule has 230 valence electrons. The fourth-order valence-electron chi connectivity index (χ4n) is 4.00. The Hall–Kier alpha value is -3.49. The molecule has 4 heterocycles. The summed E-state index contributed by atoms with van der Waals surface area (Å²) in [7, 11) is 1.50. The maximum atomic E-state index is 12.2. The first kappa shape index (κ1) is 38.5. The van der Waals surface area contributed by atoms with E-state index in [1.807, 2.05) is 26.0 Å². The first-order chi connectivity index (χ1) is 19.8. The molecule has 0 saturated heterocycles. The monoisotopic (exact) mass is 664 g/mol. The second-order valence-corrected chi connectivity index (χ2v) is 9.16. The first-order valence-electron chi connectivity index (χ1n) is 13.6. The van der Waals surface area contributed by atoms with Crippen molar-refractivity contribution >= 4 is 39.6 Å². The molecular weight excluding hydrogens is 624 g/mol. The molecule has 14 heteroatoms. The largest absolute Gasteiger partial charge is 0.333 e. The summed E-state index contributed by atoms with van der Waals surface area (Å²) in [5, 5.41) is 23.7. The van der Waals surface area contributed by atoms with Gasteiger partial charge in [0.05, 0.1) is 11.4 Å². The van der Waals surface area contributed by atoms with E-state index < -0.39 is 0 Å². The third-order valence-electron chi connectivity index (χ3n) is 6.38. The summed E-state index contributed by atoms with van der Waals surface area (Å²) in [6.45, 7) is 15.8. The van der Waals surface area contributed by atoms with Crippen LogP contribution in [0.1, 0.15) is 74.7 Å². The van der Waals surface area contributed by atoms with E-state index >= 15 is 0 Å². The molecule has 0 bridgehead atoms. The van der Waals surface area contributed by atoms with Gasteiger partial charge in [0, 0.05) is 28.9 Å². The standard InChI is InChI=1S/C12H14N4O.C9H7BrN4O.C6H15N.CH5N.ClH/c1-3-5-10-9(4-2)12(17)16-11(15-10)8(6-13)7-14-16;1-5-7(2-10)13-8-6(3-11)4-12-14(8)9(5)15;1-4-7(5-2)6-3;1-2;/h7,14H,3-5H2,1-2H3;4,12H,2H2,1H3;4-6H2,1-3H3;2H2,1H3;1H. The lowest BCUT2D eigenvalue weighted by Gasteiger charge is -2.13. The molecule has 4 N–H and O–H groups in total. The molecule has 0 aromatic carbocycles. The average molecular weight is 666 g/mol. The third-order valence-corrected chi connectivity index (χ3v) is 6.91. The van der Waals surface area contributed by atoms with E-state index in [4.69, 9.17) is 10.5 Å². The van der Waals surface area contributed by atoms with Gasteiger partial charge in [-0.15, -0.1) is 12.4 Å². The van der Waals surface area contributed by atoms with Gasteiger partial charge in [0.25, 0.3) is 11.1 Å². The number of hydrogen-bond donors (Lipinski definition) is 3. The molecule has 4 aromatic rings. The lowest BCUT2D eigenvalue weighted by molar-refractivity contribution is 0.321. The van der Waals surface area contributed by atoms with Gasteiger partial charge in [0.15, 0.2) is 11.3 Å². The topological polar surface area (TPSA) is 177 Å². The zero-order chi connectivity index (χ0) is 31.1. The van der Waals surface area contributed by atoms with Crippen molar-refractivity contribution in [2.75, 3.05) is 26.7 Å². The van der Waals surface area contributed by atoms with Gasteiger partial charge in [-0.1, -0.05) is 57.0 Å². The minimum Gasteiger partial charge on any atom is -0.333 e. The molecule has 42 heavy (non-hydrogen) atoms. The normalized spacial score (nSPS) is 9.90. The average Bonchev–Trinajstić information content (AvgIpc) is 3.62. The summed E-state index contributed by atoms with van der Waals surface area (Å²) >= 11 is 3.26. The number of nitrogens with one attached hydrogen (secondary N) is 2. The summed E-state index contributed by atoms with van der Waals surface area (Å²) in [6.07, 6.45) is 5.35. The van der Waals surface area contributed by atoms with Crippen molar-refractivity contribution in [1.82, 2.24) is 34.1 Å². The number of rotatable bonds is 7. The van der Waals surface area contributed by atoms with Crippen molar-refractivity contribution in [3.05, 3.63) is 66.7 Å². The molecule has 0 spiro atoms. The van der Waals surface area contributed by atoms with E-state index in [0.717, 1.165) is 24.1 Å². The SMILES string of the molecule is CCCc1nc2c(C#N)c[nH]n2c(=O)c1CC.CCN(CC)CC.CN.Cc1c(CBr)nc2c(C#N)c[nH]n2c1=O.Cl. The first-order valence-corrected chi connectivity index (χ1v) is 14.8. The van der Waals surface area contributed by atoms with E-state index in [0.29, 0.717) is 45.4 Å². The van der Waals surface area contributed by atoms with E-state index in [1.54, 1.807) is 6.92 Å². The highest BCUT2D eigenvalue weighted by molar-refractivity contribution is 9.08. The molecule has 0 fully saturated rings. The van der Waals surface area contributed by atoms with Crippen LogP contribution in [0.15, 0.2) is 22.0 Å². The number of hydrogen-bond acceptors (Lipinski definition) is 8. The predicted molar refractivity (Wildman–Crippen MR) is 173 cm³/mol. The molecule has 0 aliphatic carbocycles. The van der Waals surface area contributed by atoms with Crippen LogP contribution in [0.5, 0.6) is 0 Å². The maximum Gasteiger partial charge on any atom is 0.276 e. The molecular formula is C28H42BrClN10O2. The van der Waals surface area contributed by atoms with E-state index in [-0.39, 0.29) is 23.5 Å². The Labute approximate surface area is 261 Å². The molecule has 0 aliphatic rings. The van der Waals surface area contributed by atoms with Gasteiger partial charge in [-0.25, -0.2) is 19.0 Å². The second-order valence-electron chi connectivity index (χ2n) is 8.60. The van der Waals surface area contributed by atoms with Crippen molar-refractivity contribution < 1.29 is 0 Å². The Balaban J connectivity index is 0.000000619. The van der Waals surface area contributed by atoms with Crippen LogP contribution < -0.4 is 16.9 Å². The minimum atomic E-state index is -0.170. The molecule has 4 aromatic heterocycles. The van der Waals surface area contributed by atoms with Gasteiger partial charge in [-0.05, 0) is 46.4 Å². The highest BCUT2D eigenvalue weighted by Crippen LogP contribution is 2.11. The van der Waals surface area contributed by atoms with Crippen LogP contribution in [0.4, 0.5) is 0 Å². The predicted octanol–water partition coefficient (Wildman–Crippen LogP) is 3.85. The van der Waals surface area contributed by atoms with Crippen LogP contribution in [0, 0.1) is 29.6 Å². The Morgan fingerprint density at radius 3 is 1.69 bits per heavy atom. The highest BCUT2D eigenvalue weighted by Gasteiger charge is 2.14. The summed E-state index contributed by atoms with van der Waals surface area (Å²) in [4.78, 5) is 35.0. The van der Waals surface area contributed by atoms with Crippen LogP contribution in [0.25, 0.3) is 11.3 Å². The molecule has 0 amide bonds. The number of halogens is 2. The van der Waals surface area contributed by atoms with Gasteiger partial charge < -0.3 is 10.6 Å². The van der Waals surface area contributed by atoms with Crippen LogP contribution >= 0.6 is 28.3 Å². The quantitative estimate of drug-likeness (QED) is 0.249. The van der Waals surface area contributed by atoms with Crippen LogP contribution in [0.2, 0.25) is 0 Å². The van der Waals surface area contributed by atoms with Crippen LogP contribution in [-0.2, 0) is 18.2 Å². The number of fused-ring (bicyclic) bond motifs is 2. The lowest BCUT2D eigenvalue weighted by Crippen LogP contribution is -2.22. The summed E-state index contributed by atoms with van der Waals surface area (Å²) < 4.78 is 2.62. The van der Waals surface area contributed by atoms with Crippen molar-refractivity contribution in [3.63, 3.8) is 0 Å². The number of aromatic nitrogens is 6. The number of nitriles is 2. The Bertz CT molecular complexity index is 1600. The Kier molecular flexibility index (Phi) is 18.0. The van der Waals surface area contributed by atoms with Crippen molar-refractivity contribution in [1.29, 1.82) is 10.5 Å². The fraction of sp³-hybridized carbons (Fsp3) is 0.500. The molecule has 4 rings (SSSR count). The third kappa shape index (κ3) is 9.00.